The minimum Gasteiger partial charge on any atom is -0.430 e. The summed E-state index contributed by atoms with van der Waals surface area (Å²) in [7, 11) is 0. The molecule has 3 aromatic rings. The van der Waals surface area contributed by atoms with Crippen LogP contribution in [0, 0.1) is 22.0 Å². The number of nitro benzene ring substituents is 1. The van der Waals surface area contributed by atoms with Crippen LogP contribution in [0.4, 0.5) is 18.9 Å². The van der Waals surface area contributed by atoms with Gasteiger partial charge in [0.2, 0.25) is 0 Å². The second-order valence-corrected chi connectivity index (χ2v) is 4.75. The number of halogens is 3. The van der Waals surface area contributed by atoms with Crippen LogP contribution < -0.4 is 4.74 Å². The van der Waals surface area contributed by atoms with Gasteiger partial charge < -0.3 is 9.15 Å². The Morgan fingerprint density at radius 2 is 1.84 bits per heavy atom. The summed E-state index contributed by atoms with van der Waals surface area (Å²) in [6, 6.07) is 8.91. The van der Waals surface area contributed by atoms with Crippen molar-refractivity contribution >= 4 is 16.8 Å². The summed E-state index contributed by atoms with van der Waals surface area (Å²) < 4.78 is 45.3. The third-order valence-corrected chi connectivity index (χ3v) is 2.98. The summed E-state index contributed by atoms with van der Waals surface area (Å²) in [5.74, 6) is 4.96. The van der Waals surface area contributed by atoms with E-state index >= 15 is 0 Å². The van der Waals surface area contributed by atoms with Gasteiger partial charge in [-0.2, -0.15) is 0 Å². The Hall–Kier alpha value is -3.54. The number of aromatic nitrogens is 1. The molecule has 0 aliphatic rings. The van der Waals surface area contributed by atoms with Gasteiger partial charge in [-0.05, 0) is 36.3 Å². The average molecular weight is 348 g/mol. The third-order valence-electron chi connectivity index (χ3n) is 2.98. The van der Waals surface area contributed by atoms with E-state index in [0.717, 1.165) is 12.1 Å². The molecular weight excluding hydrogens is 341 g/mol. The lowest BCUT2D eigenvalue weighted by molar-refractivity contribution is -0.384. The maximum Gasteiger partial charge on any atom is 0.573 e. The van der Waals surface area contributed by atoms with Gasteiger partial charge in [-0.1, -0.05) is 5.92 Å². The topological polar surface area (TPSA) is 78.4 Å². The fourth-order valence-electron chi connectivity index (χ4n) is 1.95. The first-order valence-corrected chi connectivity index (χ1v) is 6.73. The second-order valence-electron chi connectivity index (χ2n) is 4.75. The monoisotopic (exact) mass is 348 g/mol. The number of hydrogen-bond donors (Lipinski definition) is 0. The van der Waals surface area contributed by atoms with Crippen LogP contribution in [0.25, 0.3) is 11.1 Å². The Morgan fingerprint density at radius 1 is 1.12 bits per heavy atom. The predicted octanol–water partition coefficient (Wildman–Crippen LogP) is 4.03. The highest BCUT2D eigenvalue weighted by Crippen LogP contribution is 2.23. The molecule has 1 aromatic heterocycles. The largest absolute Gasteiger partial charge is 0.573 e. The summed E-state index contributed by atoms with van der Waals surface area (Å²) in [5.41, 5.74) is 0.916. The third kappa shape index (κ3) is 4.06. The molecule has 6 nitrogen and oxygen atoms in total. The van der Waals surface area contributed by atoms with Crippen LogP contribution in [0.3, 0.4) is 0 Å². The van der Waals surface area contributed by atoms with Gasteiger partial charge in [0, 0.05) is 17.7 Å². The van der Waals surface area contributed by atoms with Gasteiger partial charge >= 0.3 is 6.36 Å². The Labute approximate surface area is 138 Å². The van der Waals surface area contributed by atoms with Crippen molar-refractivity contribution in [1.29, 1.82) is 0 Å². The standard InChI is InChI=1S/C16H7F3N2O4/c17-16(18,19)25-12-5-1-10(2-6-12)3-8-15-20-13-9-11(21(22)23)4-7-14(13)24-15/h1-2,4-7,9H. The number of oxazole rings is 1. The van der Waals surface area contributed by atoms with Crippen molar-refractivity contribution in [3.05, 3.63) is 64.0 Å². The molecule has 0 radical (unpaired) electrons. The molecule has 0 aliphatic carbocycles. The lowest BCUT2D eigenvalue weighted by atomic mass is 10.2. The van der Waals surface area contributed by atoms with Gasteiger partial charge in [-0.15, -0.1) is 13.2 Å². The van der Waals surface area contributed by atoms with E-state index in [-0.39, 0.29) is 22.8 Å². The highest BCUT2D eigenvalue weighted by molar-refractivity contribution is 5.76. The number of non-ortho nitro benzene ring substituents is 1. The molecule has 1 heterocycles. The van der Waals surface area contributed by atoms with Crippen molar-refractivity contribution in [3.63, 3.8) is 0 Å². The van der Waals surface area contributed by atoms with Gasteiger partial charge in [-0.25, -0.2) is 4.98 Å². The van der Waals surface area contributed by atoms with Crippen molar-refractivity contribution in [2.24, 2.45) is 0 Å². The van der Waals surface area contributed by atoms with Crippen molar-refractivity contribution < 1.29 is 27.2 Å². The molecule has 0 amide bonds. The van der Waals surface area contributed by atoms with Crippen molar-refractivity contribution in [2.45, 2.75) is 6.36 Å². The second kappa shape index (κ2) is 6.16. The summed E-state index contributed by atoms with van der Waals surface area (Å²) in [6.45, 7) is 0. The molecule has 0 spiro atoms. The zero-order valence-electron chi connectivity index (χ0n) is 12.2. The first-order chi connectivity index (χ1) is 11.8. The van der Waals surface area contributed by atoms with Crippen LogP contribution in [0.1, 0.15) is 11.5 Å². The van der Waals surface area contributed by atoms with E-state index in [9.17, 15) is 23.3 Å². The zero-order chi connectivity index (χ0) is 18.0. The van der Waals surface area contributed by atoms with Crippen LogP contribution in [-0.2, 0) is 0 Å². The van der Waals surface area contributed by atoms with Gasteiger partial charge in [0.15, 0.2) is 5.58 Å². The lowest BCUT2D eigenvalue weighted by Crippen LogP contribution is -2.16. The van der Waals surface area contributed by atoms with Crippen LogP contribution in [0.2, 0.25) is 0 Å². The minimum absolute atomic E-state index is 0.0334. The number of nitrogens with zero attached hydrogens (tertiary/aromatic N) is 2. The Bertz CT molecular complexity index is 998. The average Bonchev–Trinajstić information content (AvgIpc) is 2.94. The smallest absolute Gasteiger partial charge is 0.430 e. The van der Waals surface area contributed by atoms with E-state index in [1.54, 1.807) is 0 Å². The molecule has 9 heteroatoms. The van der Waals surface area contributed by atoms with E-state index < -0.39 is 11.3 Å². The number of benzene rings is 2. The van der Waals surface area contributed by atoms with Gasteiger partial charge in [0.25, 0.3) is 11.6 Å². The number of fused-ring (bicyclic) bond motifs is 1. The van der Waals surface area contributed by atoms with Crippen LogP contribution in [0.5, 0.6) is 5.75 Å². The van der Waals surface area contributed by atoms with Gasteiger partial charge in [0.05, 0.1) is 4.92 Å². The summed E-state index contributed by atoms with van der Waals surface area (Å²) in [4.78, 5) is 14.2. The van der Waals surface area contributed by atoms with E-state index in [2.05, 4.69) is 21.6 Å². The zero-order valence-corrected chi connectivity index (χ0v) is 12.2. The first-order valence-electron chi connectivity index (χ1n) is 6.73. The van der Waals surface area contributed by atoms with E-state index in [4.69, 9.17) is 4.42 Å². The van der Waals surface area contributed by atoms with Crippen molar-refractivity contribution in [3.8, 4) is 17.6 Å². The van der Waals surface area contributed by atoms with Gasteiger partial charge in [-0.3, -0.25) is 10.1 Å². The maximum absolute atomic E-state index is 12.1. The number of rotatable bonds is 2. The van der Waals surface area contributed by atoms with Crippen molar-refractivity contribution in [2.75, 3.05) is 0 Å². The molecule has 0 bridgehead atoms. The molecule has 0 N–H and O–H groups in total. The van der Waals surface area contributed by atoms with Crippen LogP contribution >= 0.6 is 0 Å². The Morgan fingerprint density at radius 3 is 2.48 bits per heavy atom. The first kappa shape index (κ1) is 16.3. The minimum atomic E-state index is -4.76. The van der Waals surface area contributed by atoms with E-state index in [1.807, 2.05) is 0 Å². The van der Waals surface area contributed by atoms with Gasteiger partial charge in [0.1, 0.15) is 11.3 Å². The SMILES string of the molecule is O=[N+]([O-])c1ccc2oc(C#Cc3ccc(OC(F)(F)F)cc3)nc2c1. The summed E-state index contributed by atoms with van der Waals surface area (Å²) in [5, 5.41) is 10.7. The summed E-state index contributed by atoms with van der Waals surface area (Å²) in [6.07, 6.45) is -4.76. The molecular formula is C16H7F3N2O4. The van der Waals surface area contributed by atoms with Crippen molar-refractivity contribution in [1.82, 2.24) is 4.98 Å². The quantitative estimate of drug-likeness (QED) is 0.397. The highest BCUT2D eigenvalue weighted by atomic mass is 19.4. The Kier molecular flexibility index (Phi) is 4.02. The molecule has 0 aliphatic heterocycles. The fraction of sp³-hybridized carbons (Fsp3) is 0.0625. The normalized spacial score (nSPS) is 11.0. The maximum atomic E-state index is 12.1. The number of nitro groups is 1. The van der Waals surface area contributed by atoms with E-state index in [0.29, 0.717) is 11.1 Å². The summed E-state index contributed by atoms with van der Waals surface area (Å²) >= 11 is 0. The molecule has 126 valence electrons. The number of hydrogen-bond acceptors (Lipinski definition) is 5. The molecule has 2 aromatic carbocycles. The fourth-order valence-corrected chi connectivity index (χ4v) is 1.95. The Balaban J connectivity index is 1.81. The molecule has 0 saturated carbocycles. The molecule has 3 rings (SSSR count). The van der Waals surface area contributed by atoms with Crippen LogP contribution in [0.15, 0.2) is 46.9 Å². The molecule has 0 atom stereocenters. The molecule has 0 saturated heterocycles. The highest BCUT2D eigenvalue weighted by Gasteiger charge is 2.30. The molecule has 25 heavy (non-hydrogen) atoms. The predicted molar refractivity (Wildman–Crippen MR) is 79.8 cm³/mol. The number of ether oxygens (including phenoxy) is 1. The van der Waals surface area contributed by atoms with E-state index in [1.165, 1.54) is 30.3 Å². The van der Waals surface area contributed by atoms with Crippen LogP contribution in [-0.4, -0.2) is 16.3 Å². The lowest BCUT2D eigenvalue weighted by Gasteiger charge is -2.07. The molecule has 0 fully saturated rings. The molecule has 0 unspecified atom stereocenters. The number of alkyl halides is 3.